The lowest BCUT2D eigenvalue weighted by Gasteiger charge is -2.06. The number of nitrogens with one attached hydrogen (secondary N) is 1. The number of rotatable bonds is 5. The van der Waals surface area contributed by atoms with E-state index in [2.05, 4.69) is 9.97 Å². The molecule has 0 radical (unpaired) electrons. The molecule has 0 bridgehead atoms. The molecule has 1 heterocycles. The van der Waals surface area contributed by atoms with E-state index in [1.807, 2.05) is 22.6 Å². The molecule has 0 aliphatic rings. The van der Waals surface area contributed by atoms with Crippen LogP contribution in [-0.2, 0) is 17.1 Å². The quantitative estimate of drug-likeness (QED) is 0.613. The number of aromatic nitrogens is 2. The molecule has 0 atom stereocenters. The van der Waals surface area contributed by atoms with Crippen LogP contribution in [0.2, 0.25) is 0 Å². The van der Waals surface area contributed by atoms with E-state index in [0.717, 1.165) is 4.90 Å². The number of hydrogen-bond acceptors (Lipinski definition) is 4. The standard InChI is InChI=1S/C13H12FIN2O2S/c1-19-6-10-12(15)13(18)17-11(16-10)7-20-9-4-2-8(14)3-5-9/h2-5H,6-7H2,1H3,(H,16,17,18). The van der Waals surface area contributed by atoms with Crippen molar-refractivity contribution in [1.82, 2.24) is 9.97 Å². The molecule has 1 aromatic carbocycles. The van der Waals surface area contributed by atoms with Gasteiger partial charge in [0.1, 0.15) is 15.2 Å². The molecule has 2 aromatic rings. The lowest BCUT2D eigenvalue weighted by molar-refractivity contribution is 0.180. The number of benzene rings is 1. The highest BCUT2D eigenvalue weighted by Crippen LogP contribution is 2.21. The zero-order chi connectivity index (χ0) is 14.5. The maximum absolute atomic E-state index is 12.8. The summed E-state index contributed by atoms with van der Waals surface area (Å²) in [7, 11) is 1.56. The van der Waals surface area contributed by atoms with Gasteiger partial charge in [0, 0.05) is 12.0 Å². The predicted octanol–water partition coefficient (Wildman–Crippen LogP) is 2.95. The zero-order valence-electron chi connectivity index (χ0n) is 10.7. The van der Waals surface area contributed by atoms with Gasteiger partial charge < -0.3 is 9.72 Å². The SMILES string of the molecule is COCc1nc(CSc2ccc(F)cc2)[nH]c(=O)c1I. The number of H-pyrrole nitrogens is 1. The van der Waals surface area contributed by atoms with E-state index in [9.17, 15) is 9.18 Å². The van der Waals surface area contributed by atoms with Gasteiger partial charge in [0.2, 0.25) is 0 Å². The van der Waals surface area contributed by atoms with Crippen molar-refractivity contribution in [1.29, 1.82) is 0 Å². The molecule has 106 valence electrons. The molecule has 0 aliphatic carbocycles. The van der Waals surface area contributed by atoms with Crippen LogP contribution in [0.3, 0.4) is 0 Å². The minimum absolute atomic E-state index is 0.164. The number of methoxy groups -OCH3 is 1. The minimum atomic E-state index is -0.266. The molecule has 0 spiro atoms. The van der Waals surface area contributed by atoms with Crippen LogP contribution >= 0.6 is 34.4 Å². The van der Waals surface area contributed by atoms with Crippen molar-refractivity contribution >= 4 is 34.4 Å². The Morgan fingerprint density at radius 3 is 2.75 bits per heavy atom. The summed E-state index contributed by atoms with van der Waals surface area (Å²) in [5.41, 5.74) is 0.467. The Balaban J connectivity index is 2.13. The minimum Gasteiger partial charge on any atom is -0.378 e. The topological polar surface area (TPSA) is 55.0 Å². The maximum Gasteiger partial charge on any atom is 0.264 e. The molecular weight excluding hydrogens is 394 g/mol. The maximum atomic E-state index is 12.8. The Kier molecular flexibility index (Phi) is 5.55. The molecule has 0 amide bonds. The summed E-state index contributed by atoms with van der Waals surface area (Å²) in [4.78, 5) is 19.8. The monoisotopic (exact) mass is 406 g/mol. The molecule has 2 rings (SSSR count). The van der Waals surface area contributed by atoms with Crippen LogP contribution in [0.4, 0.5) is 4.39 Å². The van der Waals surface area contributed by atoms with Crippen molar-refractivity contribution in [3.8, 4) is 0 Å². The summed E-state index contributed by atoms with van der Waals surface area (Å²) in [6.07, 6.45) is 0. The van der Waals surface area contributed by atoms with E-state index in [0.29, 0.717) is 27.4 Å². The molecule has 20 heavy (non-hydrogen) atoms. The lowest BCUT2D eigenvalue weighted by atomic mass is 10.4. The number of halogens is 2. The Bertz CT molecular complexity index is 646. The highest BCUT2D eigenvalue weighted by molar-refractivity contribution is 14.1. The fraction of sp³-hybridized carbons (Fsp3) is 0.231. The van der Waals surface area contributed by atoms with E-state index >= 15 is 0 Å². The summed E-state index contributed by atoms with van der Waals surface area (Å²) in [6.45, 7) is 0.302. The first-order chi connectivity index (χ1) is 9.60. The second-order valence-electron chi connectivity index (χ2n) is 3.95. The normalized spacial score (nSPS) is 10.8. The smallest absolute Gasteiger partial charge is 0.264 e. The molecule has 1 N–H and O–H groups in total. The highest BCUT2D eigenvalue weighted by atomic mass is 127. The van der Waals surface area contributed by atoms with Crippen LogP contribution in [0, 0.1) is 9.39 Å². The number of ether oxygens (including phenoxy) is 1. The third-order valence-electron chi connectivity index (χ3n) is 2.45. The van der Waals surface area contributed by atoms with Crippen LogP contribution in [0.25, 0.3) is 0 Å². The Morgan fingerprint density at radius 1 is 1.40 bits per heavy atom. The van der Waals surface area contributed by atoms with Crippen LogP contribution in [0.15, 0.2) is 34.0 Å². The van der Waals surface area contributed by atoms with Gasteiger partial charge in [0.15, 0.2) is 0 Å². The molecule has 1 aromatic heterocycles. The van der Waals surface area contributed by atoms with Crippen LogP contribution in [0.5, 0.6) is 0 Å². The van der Waals surface area contributed by atoms with Crippen molar-refractivity contribution in [3.05, 3.63) is 55.5 Å². The van der Waals surface area contributed by atoms with Crippen LogP contribution in [0.1, 0.15) is 11.5 Å². The summed E-state index contributed by atoms with van der Waals surface area (Å²) >= 11 is 3.43. The summed E-state index contributed by atoms with van der Waals surface area (Å²) in [6, 6.07) is 6.20. The molecule has 0 aliphatic heterocycles. The van der Waals surface area contributed by atoms with Crippen molar-refractivity contribution in [2.45, 2.75) is 17.3 Å². The molecule has 0 unspecified atom stereocenters. The number of nitrogens with zero attached hydrogens (tertiary/aromatic N) is 1. The van der Waals surface area contributed by atoms with E-state index in [1.165, 1.54) is 23.9 Å². The van der Waals surface area contributed by atoms with Crippen molar-refractivity contribution in [2.75, 3.05) is 7.11 Å². The van der Waals surface area contributed by atoms with Crippen molar-refractivity contribution < 1.29 is 9.13 Å². The molecular formula is C13H12FIN2O2S. The molecule has 7 heteroatoms. The van der Waals surface area contributed by atoms with Gasteiger partial charge in [-0.3, -0.25) is 4.79 Å². The Hall–Kier alpha value is -0.930. The van der Waals surface area contributed by atoms with Crippen molar-refractivity contribution in [3.63, 3.8) is 0 Å². The summed E-state index contributed by atoms with van der Waals surface area (Å²) in [5, 5.41) is 0. The molecule has 0 saturated carbocycles. The number of hydrogen-bond donors (Lipinski definition) is 1. The average molecular weight is 406 g/mol. The second kappa shape index (κ2) is 7.19. The van der Waals surface area contributed by atoms with E-state index in [1.54, 1.807) is 19.2 Å². The second-order valence-corrected chi connectivity index (χ2v) is 6.08. The fourth-order valence-electron chi connectivity index (χ4n) is 1.54. The van der Waals surface area contributed by atoms with Gasteiger partial charge in [-0.05, 0) is 46.9 Å². The van der Waals surface area contributed by atoms with E-state index in [-0.39, 0.29) is 11.4 Å². The first-order valence-corrected chi connectivity index (χ1v) is 7.81. The van der Waals surface area contributed by atoms with E-state index in [4.69, 9.17) is 4.74 Å². The largest absolute Gasteiger partial charge is 0.378 e. The van der Waals surface area contributed by atoms with E-state index < -0.39 is 0 Å². The van der Waals surface area contributed by atoms with Gasteiger partial charge in [-0.25, -0.2) is 9.37 Å². The van der Waals surface area contributed by atoms with Gasteiger partial charge >= 0.3 is 0 Å². The number of aromatic amines is 1. The van der Waals surface area contributed by atoms with Gasteiger partial charge in [-0.1, -0.05) is 0 Å². The molecule has 0 fully saturated rings. The third kappa shape index (κ3) is 4.03. The molecule has 4 nitrogen and oxygen atoms in total. The van der Waals surface area contributed by atoms with Crippen LogP contribution in [-0.4, -0.2) is 17.1 Å². The van der Waals surface area contributed by atoms with Gasteiger partial charge in [-0.15, -0.1) is 11.8 Å². The van der Waals surface area contributed by atoms with Crippen LogP contribution < -0.4 is 5.56 Å². The molecule has 0 saturated heterocycles. The first kappa shape index (κ1) is 15.5. The highest BCUT2D eigenvalue weighted by Gasteiger charge is 2.09. The van der Waals surface area contributed by atoms with Gasteiger partial charge in [0.25, 0.3) is 5.56 Å². The van der Waals surface area contributed by atoms with Crippen molar-refractivity contribution in [2.24, 2.45) is 0 Å². The van der Waals surface area contributed by atoms with Gasteiger partial charge in [0.05, 0.1) is 18.1 Å². The average Bonchev–Trinajstić information content (AvgIpc) is 2.44. The fourth-order valence-corrected chi connectivity index (χ4v) is 2.72. The first-order valence-electron chi connectivity index (χ1n) is 5.75. The number of thioether (sulfide) groups is 1. The summed E-state index contributed by atoms with van der Waals surface area (Å²) in [5.74, 6) is 0.823. The third-order valence-corrected chi connectivity index (χ3v) is 4.59. The lowest BCUT2D eigenvalue weighted by Crippen LogP contribution is -2.18. The Morgan fingerprint density at radius 2 is 2.10 bits per heavy atom. The zero-order valence-corrected chi connectivity index (χ0v) is 13.6. The predicted molar refractivity (Wildman–Crippen MR) is 84.2 cm³/mol. The Labute approximate surface area is 133 Å². The summed E-state index contributed by atoms with van der Waals surface area (Å²) < 4.78 is 18.4. The van der Waals surface area contributed by atoms with Gasteiger partial charge in [-0.2, -0.15) is 0 Å².